The van der Waals surface area contributed by atoms with E-state index >= 15 is 0 Å². The summed E-state index contributed by atoms with van der Waals surface area (Å²) in [7, 11) is 1.48. The largest absolute Gasteiger partial charge is 0.495 e. The Morgan fingerprint density at radius 3 is 2.83 bits per heavy atom. The maximum Gasteiger partial charge on any atom is 0.322 e. The molecule has 4 N–H and O–H groups in total. The number of ether oxygens (including phenoxy) is 1. The molecule has 0 saturated heterocycles. The van der Waals surface area contributed by atoms with E-state index in [1.807, 2.05) is 6.92 Å². The zero-order chi connectivity index (χ0) is 17.0. The first-order valence-electron chi connectivity index (χ1n) is 6.94. The van der Waals surface area contributed by atoms with Crippen LogP contribution in [-0.4, -0.2) is 28.1 Å². The Labute approximate surface area is 132 Å². The number of nitrogens with one attached hydrogen (secondary N) is 2. The number of carbonyl (C=O) groups excluding carboxylic acids is 1. The number of nitro groups is 1. The first kappa shape index (κ1) is 16.3. The third-order valence-corrected chi connectivity index (χ3v) is 3.20. The van der Waals surface area contributed by atoms with Crippen molar-refractivity contribution in [2.45, 2.75) is 19.8 Å². The lowest BCUT2D eigenvalue weighted by Gasteiger charge is -2.07. The van der Waals surface area contributed by atoms with Gasteiger partial charge in [-0.05, 0) is 24.6 Å². The molecule has 1 amide bonds. The van der Waals surface area contributed by atoms with Gasteiger partial charge < -0.3 is 15.8 Å². The third kappa shape index (κ3) is 3.39. The Bertz CT molecular complexity index is 741. The van der Waals surface area contributed by atoms with Crippen LogP contribution in [-0.2, 0) is 6.42 Å². The number of aromatic amines is 1. The Kier molecular flexibility index (Phi) is 4.79. The molecule has 0 spiro atoms. The van der Waals surface area contributed by atoms with Gasteiger partial charge in [0.15, 0.2) is 0 Å². The molecule has 0 saturated carbocycles. The molecule has 0 aliphatic rings. The van der Waals surface area contributed by atoms with Crippen LogP contribution in [0, 0.1) is 10.1 Å². The lowest BCUT2D eigenvalue weighted by molar-refractivity contribution is -0.385. The highest BCUT2D eigenvalue weighted by Crippen LogP contribution is 2.26. The molecular formula is C14H17N5O4. The van der Waals surface area contributed by atoms with Gasteiger partial charge in [0, 0.05) is 5.69 Å². The lowest BCUT2D eigenvalue weighted by atomic mass is 10.2. The second-order valence-electron chi connectivity index (χ2n) is 4.82. The van der Waals surface area contributed by atoms with Gasteiger partial charge in [-0.1, -0.05) is 13.3 Å². The third-order valence-electron chi connectivity index (χ3n) is 3.20. The van der Waals surface area contributed by atoms with Crippen molar-refractivity contribution in [3.8, 4) is 5.75 Å². The Morgan fingerprint density at radius 2 is 2.26 bits per heavy atom. The van der Waals surface area contributed by atoms with Gasteiger partial charge in [-0.3, -0.25) is 20.0 Å². The van der Waals surface area contributed by atoms with E-state index in [1.54, 1.807) is 12.1 Å². The maximum absolute atomic E-state index is 12.3. The second-order valence-corrected chi connectivity index (χ2v) is 4.82. The number of benzene rings is 1. The highest BCUT2D eigenvalue weighted by Gasteiger charge is 2.28. The number of nitrogens with two attached hydrogens (primary N) is 1. The number of methoxy groups -OCH3 is 1. The zero-order valence-corrected chi connectivity index (χ0v) is 12.8. The fraction of sp³-hybridized carbons (Fsp3) is 0.286. The quantitative estimate of drug-likeness (QED) is 0.424. The summed E-state index contributed by atoms with van der Waals surface area (Å²) in [6.45, 7) is 1.88. The highest BCUT2D eigenvalue weighted by atomic mass is 16.6. The SMILES string of the molecule is CCCc1[nH]nc(C(=O)Nc2ccc(OC)c(N)c2)c1[N+](=O)[O-]. The molecule has 2 aromatic rings. The number of hydrogen-bond acceptors (Lipinski definition) is 6. The van der Waals surface area contributed by atoms with Gasteiger partial charge in [0.2, 0.25) is 5.69 Å². The van der Waals surface area contributed by atoms with Gasteiger partial charge in [-0.2, -0.15) is 5.10 Å². The molecule has 0 aliphatic heterocycles. The van der Waals surface area contributed by atoms with E-state index < -0.39 is 10.8 Å². The molecule has 1 heterocycles. The number of nitrogens with zero attached hydrogens (tertiary/aromatic N) is 2. The molecule has 0 unspecified atom stereocenters. The molecule has 9 heteroatoms. The van der Waals surface area contributed by atoms with Crippen LogP contribution >= 0.6 is 0 Å². The number of amides is 1. The van der Waals surface area contributed by atoms with Crippen LogP contribution in [0.1, 0.15) is 29.5 Å². The summed E-state index contributed by atoms with van der Waals surface area (Å²) in [6.07, 6.45) is 1.13. The van der Waals surface area contributed by atoms with E-state index in [2.05, 4.69) is 15.5 Å². The fourth-order valence-corrected chi connectivity index (χ4v) is 2.15. The Hall–Kier alpha value is -3.10. The van der Waals surface area contributed by atoms with E-state index in [0.717, 1.165) is 0 Å². The van der Waals surface area contributed by atoms with Crippen molar-refractivity contribution >= 4 is 23.0 Å². The second kappa shape index (κ2) is 6.77. The molecule has 9 nitrogen and oxygen atoms in total. The molecule has 0 fully saturated rings. The zero-order valence-electron chi connectivity index (χ0n) is 12.8. The monoisotopic (exact) mass is 319 g/mol. The molecule has 0 bridgehead atoms. The number of rotatable bonds is 6. The maximum atomic E-state index is 12.3. The number of aryl methyl sites for hydroxylation is 1. The van der Waals surface area contributed by atoms with Crippen LogP contribution in [0.15, 0.2) is 18.2 Å². The number of aromatic nitrogens is 2. The summed E-state index contributed by atoms with van der Waals surface area (Å²) in [5, 5.41) is 20.1. The van der Waals surface area contributed by atoms with Crippen molar-refractivity contribution in [1.29, 1.82) is 0 Å². The standard InChI is InChI=1S/C14H17N5O4/c1-3-4-10-13(19(21)22)12(18-17-10)14(20)16-8-5-6-11(23-2)9(15)7-8/h5-7H,3-4,15H2,1-2H3,(H,16,20)(H,17,18). The van der Waals surface area contributed by atoms with Gasteiger partial charge in [-0.25, -0.2) is 0 Å². The smallest absolute Gasteiger partial charge is 0.322 e. The van der Waals surface area contributed by atoms with Crippen LogP contribution < -0.4 is 15.8 Å². The van der Waals surface area contributed by atoms with E-state index in [-0.39, 0.29) is 11.4 Å². The first-order chi connectivity index (χ1) is 11.0. The summed E-state index contributed by atoms with van der Waals surface area (Å²) in [6, 6.07) is 4.67. The fourth-order valence-electron chi connectivity index (χ4n) is 2.15. The molecule has 23 heavy (non-hydrogen) atoms. The van der Waals surface area contributed by atoms with Gasteiger partial charge >= 0.3 is 5.69 Å². The number of anilines is 2. The van der Waals surface area contributed by atoms with E-state index in [0.29, 0.717) is 35.7 Å². The molecule has 0 atom stereocenters. The molecule has 1 aromatic heterocycles. The first-order valence-corrected chi connectivity index (χ1v) is 6.94. The topological polar surface area (TPSA) is 136 Å². The molecular weight excluding hydrogens is 302 g/mol. The minimum absolute atomic E-state index is 0.257. The normalized spacial score (nSPS) is 10.3. The van der Waals surface area contributed by atoms with Crippen molar-refractivity contribution in [2.24, 2.45) is 0 Å². The summed E-state index contributed by atoms with van der Waals surface area (Å²) in [5.41, 5.74) is 6.27. The van der Waals surface area contributed by atoms with Crippen LogP contribution in [0.4, 0.5) is 17.1 Å². The highest BCUT2D eigenvalue weighted by molar-refractivity contribution is 6.06. The average Bonchev–Trinajstić information content (AvgIpc) is 2.92. The van der Waals surface area contributed by atoms with Gasteiger partial charge in [0.25, 0.3) is 5.91 Å². The van der Waals surface area contributed by atoms with Crippen molar-refractivity contribution in [3.63, 3.8) is 0 Å². The Morgan fingerprint density at radius 1 is 1.52 bits per heavy atom. The van der Waals surface area contributed by atoms with E-state index in [1.165, 1.54) is 13.2 Å². The summed E-state index contributed by atoms with van der Waals surface area (Å²) in [4.78, 5) is 22.8. The predicted molar refractivity (Wildman–Crippen MR) is 84.6 cm³/mol. The van der Waals surface area contributed by atoms with Gasteiger partial charge in [-0.15, -0.1) is 0 Å². The van der Waals surface area contributed by atoms with Crippen LogP contribution in [0.2, 0.25) is 0 Å². The van der Waals surface area contributed by atoms with Gasteiger partial charge in [0.05, 0.1) is 17.7 Å². The van der Waals surface area contributed by atoms with E-state index in [9.17, 15) is 14.9 Å². The average molecular weight is 319 g/mol. The van der Waals surface area contributed by atoms with E-state index in [4.69, 9.17) is 10.5 Å². The van der Waals surface area contributed by atoms with Crippen LogP contribution in [0.3, 0.4) is 0 Å². The van der Waals surface area contributed by atoms with Gasteiger partial charge in [0.1, 0.15) is 11.4 Å². The molecule has 0 aliphatic carbocycles. The van der Waals surface area contributed by atoms with Crippen molar-refractivity contribution in [3.05, 3.63) is 39.7 Å². The number of H-pyrrole nitrogens is 1. The minimum atomic E-state index is -0.681. The summed E-state index contributed by atoms with van der Waals surface area (Å²) < 4.78 is 5.03. The number of hydrogen-bond donors (Lipinski definition) is 3. The van der Waals surface area contributed by atoms with Crippen molar-refractivity contribution in [1.82, 2.24) is 10.2 Å². The minimum Gasteiger partial charge on any atom is -0.495 e. The number of nitrogen functional groups attached to an aromatic ring is 1. The molecule has 2 rings (SSSR count). The van der Waals surface area contributed by atoms with Crippen LogP contribution in [0.25, 0.3) is 0 Å². The molecule has 1 aromatic carbocycles. The van der Waals surface area contributed by atoms with Crippen LogP contribution in [0.5, 0.6) is 5.75 Å². The number of carbonyl (C=O) groups is 1. The van der Waals surface area contributed by atoms with Crippen molar-refractivity contribution < 1.29 is 14.5 Å². The van der Waals surface area contributed by atoms with Crippen molar-refractivity contribution in [2.75, 3.05) is 18.2 Å². The summed E-state index contributed by atoms with van der Waals surface area (Å²) >= 11 is 0. The Balaban J connectivity index is 2.27. The summed E-state index contributed by atoms with van der Waals surface area (Å²) in [5.74, 6) is -0.209. The molecule has 0 radical (unpaired) electrons. The molecule has 122 valence electrons. The predicted octanol–water partition coefficient (Wildman–Crippen LogP) is 2.11. The lowest BCUT2D eigenvalue weighted by Crippen LogP contribution is -2.14.